The van der Waals surface area contributed by atoms with Crippen LogP contribution in [0.2, 0.25) is 0 Å². The Hall–Kier alpha value is -0.530. The lowest BCUT2D eigenvalue weighted by Gasteiger charge is -2.22. The third kappa shape index (κ3) is 2.71. The van der Waals surface area contributed by atoms with Gasteiger partial charge in [-0.1, -0.05) is 20.8 Å². The number of hydrogen-bond acceptors (Lipinski definition) is 2. The van der Waals surface area contributed by atoms with Gasteiger partial charge in [0, 0.05) is 6.42 Å². The van der Waals surface area contributed by atoms with Crippen molar-refractivity contribution in [3.8, 4) is 0 Å². The second-order valence-electron chi connectivity index (χ2n) is 4.22. The summed E-state index contributed by atoms with van der Waals surface area (Å²) in [5.74, 6) is 1.19. The molecule has 2 atom stereocenters. The summed E-state index contributed by atoms with van der Waals surface area (Å²) in [4.78, 5) is 11.1. The number of carbonyl (C=O) groups excluding carboxylic acids is 1. The van der Waals surface area contributed by atoms with E-state index in [1.807, 2.05) is 6.92 Å². The van der Waals surface area contributed by atoms with Crippen LogP contribution in [0.1, 0.15) is 46.5 Å². The van der Waals surface area contributed by atoms with E-state index in [2.05, 4.69) is 13.8 Å². The monoisotopic (exact) mass is 184 g/mol. The first-order chi connectivity index (χ1) is 6.15. The molecule has 0 heterocycles. The first-order valence-electron chi connectivity index (χ1n) is 5.34. The minimum atomic E-state index is -0.0439. The van der Waals surface area contributed by atoms with Crippen LogP contribution in [-0.2, 0) is 9.53 Å². The van der Waals surface area contributed by atoms with Gasteiger partial charge in [0.05, 0.1) is 0 Å². The van der Waals surface area contributed by atoms with Crippen LogP contribution in [0.3, 0.4) is 0 Å². The fourth-order valence-electron chi connectivity index (χ4n) is 2.12. The quantitative estimate of drug-likeness (QED) is 0.630. The van der Waals surface area contributed by atoms with Gasteiger partial charge in [0.25, 0.3) is 0 Å². The third-order valence-electron chi connectivity index (χ3n) is 2.93. The molecule has 1 aliphatic carbocycles. The molecule has 1 fully saturated rings. The Bertz CT molecular complexity index is 175. The number of rotatable bonds is 3. The topological polar surface area (TPSA) is 26.3 Å². The maximum Gasteiger partial charge on any atom is 0.305 e. The SMILES string of the molecule is CCC(=O)O[C@@H]1CCC[C@@H]1C(C)C. The van der Waals surface area contributed by atoms with E-state index >= 15 is 0 Å². The molecule has 1 aliphatic rings. The number of ether oxygens (including phenoxy) is 1. The highest BCUT2D eigenvalue weighted by atomic mass is 16.5. The Labute approximate surface area is 80.7 Å². The fraction of sp³-hybridized carbons (Fsp3) is 0.909. The number of carbonyl (C=O) groups is 1. The molecule has 0 radical (unpaired) electrons. The van der Waals surface area contributed by atoms with Crippen molar-refractivity contribution in [2.75, 3.05) is 0 Å². The summed E-state index contributed by atoms with van der Waals surface area (Å²) in [6.07, 6.45) is 4.20. The summed E-state index contributed by atoms with van der Waals surface area (Å²) in [6.45, 7) is 6.27. The lowest BCUT2D eigenvalue weighted by molar-refractivity contribution is -0.151. The molecule has 0 unspecified atom stereocenters. The number of hydrogen-bond donors (Lipinski definition) is 0. The lowest BCUT2D eigenvalue weighted by Crippen LogP contribution is -2.25. The molecule has 2 heteroatoms. The van der Waals surface area contributed by atoms with E-state index < -0.39 is 0 Å². The average molecular weight is 184 g/mol. The van der Waals surface area contributed by atoms with E-state index in [9.17, 15) is 4.79 Å². The smallest absolute Gasteiger partial charge is 0.305 e. The molecular formula is C11H20O2. The van der Waals surface area contributed by atoms with Crippen molar-refractivity contribution in [1.29, 1.82) is 0 Å². The van der Waals surface area contributed by atoms with Crippen LogP contribution in [0, 0.1) is 11.8 Å². The summed E-state index contributed by atoms with van der Waals surface area (Å²) in [7, 11) is 0. The van der Waals surface area contributed by atoms with E-state index in [1.54, 1.807) is 0 Å². The molecule has 13 heavy (non-hydrogen) atoms. The molecule has 0 N–H and O–H groups in total. The highest BCUT2D eigenvalue weighted by Gasteiger charge is 2.31. The Morgan fingerprint density at radius 1 is 1.46 bits per heavy atom. The highest BCUT2D eigenvalue weighted by molar-refractivity contribution is 5.69. The predicted molar refractivity (Wildman–Crippen MR) is 52.4 cm³/mol. The van der Waals surface area contributed by atoms with Crippen LogP contribution < -0.4 is 0 Å². The normalized spacial score (nSPS) is 28.0. The van der Waals surface area contributed by atoms with Crippen molar-refractivity contribution >= 4 is 5.97 Å². The van der Waals surface area contributed by atoms with Crippen molar-refractivity contribution in [3.63, 3.8) is 0 Å². The van der Waals surface area contributed by atoms with E-state index in [0.29, 0.717) is 18.3 Å². The Kier molecular flexibility index (Phi) is 3.76. The minimum Gasteiger partial charge on any atom is -0.462 e. The molecule has 2 nitrogen and oxygen atoms in total. The summed E-state index contributed by atoms with van der Waals surface area (Å²) in [5.41, 5.74) is 0. The van der Waals surface area contributed by atoms with Crippen molar-refractivity contribution in [1.82, 2.24) is 0 Å². The van der Waals surface area contributed by atoms with Crippen LogP contribution in [0.25, 0.3) is 0 Å². The first kappa shape index (κ1) is 10.6. The molecule has 1 saturated carbocycles. The van der Waals surface area contributed by atoms with Gasteiger partial charge in [-0.05, 0) is 31.1 Å². The molecule has 1 rings (SSSR count). The zero-order chi connectivity index (χ0) is 9.84. The third-order valence-corrected chi connectivity index (χ3v) is 2.93. The van der Waals surface area contributed by atoms with E-state index in [4.69, 9.17) is 4.74 Å². The molecule has 76 valence electrons. The number of esters is 1. The van der Waals surface area contributed by atoms with Gasteiger partial charge in [-0.25, -0.2) is 0 Å². The van der Waals surface area contributed by atoms with Gasteiger partial charge < -0.3 is 4.74 Å². The van der Waals surface area contributed by atoms with E-state index in [1.165, 1.54) is 12.8 Å². The maximum atomic E-state index is 11.1. The van der Waals surface area contributed by atoms with E-state index in [-0.39, 0.29) is 12.1 Å². The van der Waals surface area contributed by atoms with Crippen molar-refractivity contribution in [3.05, 3.63) is 0 Å². The zero-order valence-electron chi connectivity index (χ0n) is 8.88. The highest BCUT2D eigenvalue weighted by Crippen LogP contribution is 2.33. The van der Waals surface area contributed by atoms with Gasteiger partial charge in [0.15, 0.2) is 0 Å². The van der Waals surface area contributed by atoms with Crippen LogP contribution in [-0.4, -0.2) is 12.1 Å². The van der Waals surface area contributed by atoms with Gasteiger partial charge >= 0.3 is 5.97 Å². The Morgan fingerprint density at radius 2 is 2.15 bits per heavy atom. The van der Waals surface area contributed by atoms with Crippen LogP contribution in [0.5, 0.6) is 0 Å². The zero-order valence-corrected chi connectivity index (χ0v) is 8.88. The van der Waals surface area contributed by atoms with Crippen molar-refractivity contribution in [2.24, 2.45) is 11.8 Å². The van der Waals surface area contributed by atoms with Crippen molar-refractivity contribution in [2.45, 2.75) is 52.6 Å². The van der Waals surface area contributed by atoms with E-state index in [0.717, 1.165) is 6.42 Å². The second kappa shape index (κ2) is 4.64. The summed E-state index contributed by atoms with van der Waals surface area (Å²) in [5, 5.41) is 0. The summed E-state index contributed by atoms with van der Waals surface area (Å²) < 4.78 is 5.40. The van der Waals surface area contributed by atoms with Gasteiger partial charge in [0.1, 0.15) is 6.10 Å². The molecule has 0 aromatic heterocycles. The average Bonchev–Trinajstić information content (AvgIpc) is 2.52. The fourth-order valence-corrected chi connectivity index (χ4v) is 2.12. The Morgan fingerprint density at radius 3 is 2.69 bits per heavy atom. The minimum absolute atomic E-state index is 0.0439. The van der Waals surface area contributed by atoms with Crippen molar-refractivity contribution < 1.29 is 9.53 Å². The summed E-state index contributed by atoms with van der Waals surface area (Å²) >= 11 is 0. The van der Waals surface area contributed by atoms with Gasteiger partial charge in [-0.2, -0.15) is 0 Å². The van der Waals surface area contributed by atoms with Crippen LogP contribution >= 0.6 is 0 Å². The second-order valence-corrected chi connectivity index (χ2v) is 4.22. The van der Waals surface area contributed by atoms with Gasteiger partial charge in [-0.3, -0.25) is 4.79 Å². The largest absolute Gasteiger partial charge is 0.462 e. The molecule has 0 saturated heterocycles. The van der Waals surface area contributed by atoms with Crippen LogP contribution in [0.15, 0.2) is 0 Å². The molecule has 0 amide bonds. The lowest BCUT2D eigenvalue weighted by atomic mass is 9.92. The maximum absolute atomic E-state index is 11.1. The Balaban J connectivity index is 2.44. The van der Waals surface area contributed by atoms with Gasteiger partial charge in [-0.15, -0.1) is 0 Å². The molecule has 0 bridgehead atoms. The molecule has 0 aromatic carbocycles. The van der Waals surface area contributed by atoms with Crippen LogP contribution in [0.4, 0.5) is 0 Å². The standard InChI is InChI=1S/C11H20O2/c1-4-11(12)13-10-7-5-6-9(10)8(2)3/h8-10H,4-7H2,1-3H3/t9-,10-/m1/s1. The van der Waals surface area contributed by atoms with Gasteiger partial charge in [0.2, 0.25) is 0 Å². The summed E-state index contributed by atoms with van der Waals surface area (Å²) in [6, 6.07) is 0. The molecular weight excluding hydrogens is 164 g/mol. The molecule has 0 aliphatic heterocycles. The molecule has 0 aromatic rings. The predicted octanol–water partition coefficient (Wildman–Crippen LogP) is 2.76. The first-order valence-corrected chi connectivity index (χ1v) is 5.34. The molecule has 0 spiro atoms.